The predicted octanol–water partition coefficient (Wildman–Crippen LogP) is 5.20. The molecule has 146 valence electrons. The van der Waals surface area contributed by atoms with Crippen molar-refractivity contribution in [1.29, 1.82) is 0 Å². The molecule has 5 nitrogen and oxygen atoms in total. The van der Waals surface area contributed by atoms with E-state index in [0.717, 1.165) is 0 Å². The van der Waals surface area contributed by atoms with E-state index >= 15 is 0 Å². The number of amides is 1. The molecule has 9 heteroatoms. The Labute approximate surface area is 161 Å². The van der Waals surface area contributed by atoms with Crippen LogP contribution in [0.2, 0.25) is 0 Å². The van der Waals surface area contributed by atoms with Crippen LogP contribution in [0, 0.1) is 6.92 Å². The number of H-pyrrole nitrogens is 1. The molecule has 0 aliphatic rings. The Kier molecular flexibility index (Phi) is 5.64. The van der Waals surface area contributed by atoms with Crippen LogP contribution in [-0.4, -0.2) is 16.6 Å². The van der Waals surface area contributed by atoms with Gasteiger partial charge in [-0.2, -0.15) is 13.2 Å². The van der Waals surface area contributed by atoms with Gasteiger partial charge in [0, 0.05) is 27.0 Å². The number of benzene rings is 2. The second-order valence-electron chi connectivity index (χ2n) is 5.88. The van der Waals surface area contributed by atoms with Crippen molar-refractivity contribution in [3.05, 3.63) is 70.0 Å². The first-order chi connectivity index (χ1) is 13.2. The van der Waals surface area contributed by atoms with Crippen molar-refractivity contribution in [2.45, 2.75) is 23.9 Å². The Morgan fingerprint density at radius 3 is 2.50 bits per heavy atom. The molecule has 1 heterocycles. The molecule has 0 aliphatic carbocycles. The molecule has 28 heavy (non-hydrogen) atoms. The van der Waals surface area contributed by atoms with Crippen LogP contribution in [-0.2, 0) is 11.3 Å². The maximum atomic E-state index is 12.4. The summed E-state index contributed by atoms with van der Waals surface area (Å²) in [4.78, 5) is 27.4. The monoisotopic (exact) mass is 408 g/mol. The Hall–Kier alpha value is -2.94. The third-order valence-corrected chi connectivity index (χ3v) is 4.67. The summed E-state index contributed by atoms with van der Waals surface area (Å²) in [6, 6.07) is 12.2. The number of hydrogen-bond donors (Lipinski definition) is 2. The molecular weight excluding hydrogens is 393 g/mol. The van der Waals surface area contributed by atoms with Crippen LogP contribution in [0.15, 0.2) is 58.2 Å². The molecule has 0 fully saturated rings. The summed E-state index contributed by atoms with van der Waals surface area (Å²) in [6.45, 7) is 1.48. The molecule has 1 amide bonds. The van der Waals surface area contributed by atoms with E-state index in [1.807, 2.05) is 0 Å². The number of alkyl halides is 3. The molecule has 0 bridgehead atoms. The number of anilines is 1. The lowest BCUT2D eigenvalue weighted by atomic mass is 10.1. The van der Waals surface area contributed by atoms with Gasteiger partial charge in [0.05, 0.1) is 5.69 Å². The maximum absolute atomic E-state index is 12.4. The number of pyridine rings is 1. The highest BCUT2D eigenvalue weighted by molar-refractivity contribution is 8.00. The number of para-hydroxylation sites is 1. The summed E-state index contributed by atoms with van der Waals surface area (Å²) in [5.74, 6) is 0. The number of carbonyl (C=O) groups is 1. The zero-order valence-corrected chi connectivity index (χ0v) is 15.4. The topological polar surface area (TPSA) is 71.2 Å². The van der Waals surface area contributed by atoms with E-state index in [2.05, 4.69) is 10.3 Å². The van der Waals surface area contributed by atoms with E-state index in [4.69, 9.17) is 4.74 Å². The van der Waals surface area contributed by atoms with Gasteiger partial charge in [0.15, 0.2) is 5.43 Å². The van der Waals surface area contributed by atoms with Crippen LogP contribution in [0.3, 0.4) is 0 Å². The van der Waals surface area contributed by atoms with Crippen molar-refractivity contribution in [3.8, 4) is 0 Å². The molecule has 0 aliphatic heterocycles. The molecule has 0 unspecified atom stereocenters. The number of rotatable bonds is 4. The minimum absolute atomic E-state index is 0.00998. The van der Waals surface area contributed by atoms with Crippen molar-refractivity contribution in [2.24, 2.45) is 0 Å². The standard InChI is InChI=1S/C19H15F3N2O3S/c1-11-16(24-15-5-3-2-4-14(15)17(11)25)10-27-18(26)23-12-6-8-13(9-7-12)28-19(20,21)22/h2-9H,10H2,1H3,(H,23,26)(H,24,25). The summed E-state index contributed by atoms with van der Waals surface area (Å²) in [7, 11) is 0. The lowest BCUT2D eigenvalue weighted by Gasteiger charge is -2.11. The molecule has 0 radical (unpaired) electrons. The van der Waals surface area contributed by atoms with Gasteiger partial charge in [-0.1, -0.05) is 12.1 Å². The van der Waals surface area contributed by atoms with Crippen molar-refractivity contribution in [1.82, 2.24) is 4.98 Å². The zero-order chi connectivity index (χ0) is 20.3. The van der Waals surface area contributed by atoms with E-state index in [9.17, 15) is 22.8 Å². The van der Waals surface area contributed by atoms with Gasteiger partial charge in [-0.3, -0.25) is 10.1 Å². The van der Waals surface area contributed by atoms with Crippen molar-refractivity contribution >= 4 is 34.4 Å². The Morgan fingerprint density at radius 2 is 1.82 bits per heavy atom. The second-order valence-corrected chi connectivity index (χ2v) is 7.02. The highest BCUT2D eigenvalue weighted by Crippen LogP contribution is 2.37. The molecule has 0 spiro atoms. The van der Waals surface area contributed by atoms with Crippen LogP contribution in [0.5, 0.6) is 0 Å². The SMILES string of the molecule is Cc1c(COC(=O)Nc2ccc(SC(F)(F)F)cc2)[nH]c2ccccc2c1=O. The van der Waals surface area contributed by atoms with Crippen molar-refractivity contribution < 1.29 is 22.7 Å². The highest BCUT2D eigenvalue weighted by atomic mass is 32.2. The summed E-state index contributed by atoms with van der Waals surface area (Å²) in [5, 5.41) is 2.98. The van der Waals surface area contributed by atoms with E-state index in [1.165, 1.54) is 24.3 Å². The molecule has 3 aromatic rings. The average molecular weight is 408 g/mol. The Balaban J connectivity index is 1.64. The maximum Gasteiger partial charge on any atom is 0.446 e. The minimum Gasteiger partial charge on any atom is -0.443 e. The molecular formula is C19H15F3N2O3S. The van der Waals surface area contributed by atoms with Crippen molar-refractivity contribution in [2.75, 3.05) is 5.32 Å². The first-order valence-corrected chi connectivity index (χ1v) is 8.95. The van der Waals surface area contributed by atoms with Crippen molar-refractivity contribution in [3.63, 3.8) is 0 Å². The van der Waals surface area contributed by atoms with Gasteiger partial charge < -0.3 is 9.72 Å². The normalized spacial score (nSPS) is 11.4. The van der Waals surface area contributed by atoms with E-state index in [1.54, 1.807) is 31.2 Å². The third-order valence-electron chi connectivity index (χ3n) is 3.93. The van der Waals surface area contributed by atoms with Gasteiger partial charge in [-0.25, -0.2) is 4.79 Å². The first-order valence-electron chi connectivity index (χ1n) is 8.13. The number of thioether (sulfide) groups is 1. The number of aromatic amines is 1. The lowest BCUT2D eigenvalue weighted by Crippen LogP contribution is -2.17. The molecule has 1 aromatic heterocycles. The van der Waals surface area contributed by atoms with Crippen LogP contribution >= 0.6 is 11.8 Å². The number of ether oxygens (including phenoxy) is 1. The number of nitrogens with one attached hydrogen (secondary N) is 2. The van der Waals surface area contributed by atoms with Crippen LogP contribution < -0.4 is 10.7 Å². The van der Waals surface area contributed by atoms with Gasteiger partial charge in [-0.05, 0) is 55.1 Å². The number of carbonyl (C=O) groups excluding carboxylic acids is 1. The fourth-order valence-electron chi connectivity index (χ4n) is 2.56. The Bertz CT molecular complexity index is 1060. The van der Waals surface area contributed by atoms with Crippen LogP contribution in [0.25, 0.3) is 10.9 Å². The fraction of sp³-hybridized carbons (Fsp3) is 0.158. The number of halogens is 3. The molecule has 2 aromatic carbocycles. The average Bonchev–Trinajstić information content (AvgIpc) is 2.64. The van der Waals surface area contributed by atoms with E-state index in [-0.39, 0.29) is 28.7 Å². The van der Waals surface area contributed by atoms with Gasteiger partial charge in [0.2, 0.25) is 0 Å². The lowest BCUT2D eigenvalue weighted by molar-refractivity contribution is -0.0328. The van der Waals surface area contributed by atoms with Crippen LogP contribution in [0.1, 0.15) is 11.3 Å². The molecule has 0 saturated heterocycles. The van der Waals surface area contributed by atoms with Gasteiger partial charge in [0.25, 0.3) is 0 Å². The smallest absolute Gasteiger partial charge is 0.443 e. The zero-order valence-electron chi connectivity index (χ0n) is 14.6. The Morgan fingerprint density at radius 1 is 1.14 bits per heavy atom. The summed E-state index contributed by atoms with van der Waals surface area (Å²) >= 11 is -0.238. The number of aromatic nitrogens is 1. The van der Waals surface area contributed by atoms with E-state index in [0.29, 0.717) is 27.8 Å². The quantitative estimate of drug-likeness (QED) is 0.583. The molecule has 0 saturated carbocycles. The highest BCUT2D eigenvalue weighted by Gasteiger charge is 2.29. The predicted molar refractivity (Wildman–Crippen MR) is 101 cm³/mol. The third kappa shape index (κ3) is 4.86. The fourth-order valence-corrected chi connectivity index (χ4v) is 3.10. The summed E-state index contributed by atoms with van der Waals surface area (Å²) in [6.07, 6.45) is -0.787. The molecule has 0 atom stereocenters. The minimum atomic E-state index is -4.37. The second kappa shape index (κ2) is 7.97. The molecule has 3 rings (SSSR count). The first kappa shape index (κ1) is 19.8. The van der Waals surface area contributed by atoms with Crippen LogP contribution in [0.4, 0.5) is 23.7 Å². The van der Waals surface area contributed by atoms with E-state index < -0.39 is 11.6 Å². The van der Waals surface area contributed by atoms with Gasteiger partial charge in [-0.15, -0.1) is 0 Å². The summed E-state index contributed by atoms with van der Waals surface area (Å²) in [5.41, 5.74) is -2.68. The largest absolute Gasteiger partial charge is 0.446 e. The number of hydrogen-bond acceptors (Lipinski definition) is 4. The summed E-state index contributed by atoms with van der Waals surface area (Å²) < 4.78 is 42.1. The van der Waals surface area contributed by atoms with Gasteiger partial charge in [0.1, 0.15) is 6.61 Å². The number of fused-ring (bicyclic) bond motifs is 1. The molecule has 2 N–H and O–H groups in total. The van der Waals surface area contributed by atoms with Gasteiger partial charge >= 0.3 is 11.6 Å².